The van der Waals surface area contributed by atoms with Crippen LogP contribution in [0, 0.1) is 0 Å². The van der Waals surface area contributed by atoms with Gasteiger partial charge in [-0.3, -0.25) is 4.90 Å². The predicted molar refractivity (Wildman–Crippen MR) is 109 cm³/mol. The Balaban J connectivity index is 1.47. The van der Waals surface area contributed by atoms with Crippen molar-refractivity contribution >= 4 is 17.3 Å². The fourth-order valence-electron chi connectivity index (χ4n) is 3.07. The van der Waals surface area contributed by atoms with Gasteiger partial charge < -0.3 is 15.4 Å². The molecule has 1 aliphatic heterocycles. The van der Waals surface area contributed by atoms with Crippen LogP contribution in [-0.2, 0) is 19.5 Å². The molecule has 3 rings (SSSR count). The molecule has 0 amide bonds. The van der Waals surface area contributed by atoms with E-state index in [1.165, 1.54) is 17.5 Å². The molecule has 1 aromatic heterocycles. The summed E-state index contributed by atoms with van der Waals surface area (Å²) in [4.78, 5) is 8.75. The molecule has 2 heterocycles. The lowest BCUT2D eigenvalue weighted by molar-refractivity contribution is 0.260. The summed E-state index contributed by atoms with van der Waals surface area (Å²) < 4.78 is 5.20. The van der Waals surface area contributed by atoms with Gasteiger partial charge in [-0.05, 0) is 48.1 Å². The molecule has 2 N–H and O–H groups in total. The van der Waals surface area contributed by atoms with Gasteiger partial charge in [0.1, 0.15) is 5.75 Å². The second kappa shape index (κ2) is 9.59. The Kier molecular flexibility index (Phi) is 6.91. The van der Waals surface area contributed by atoms with Gasteiger partial charge in [-0.2, -0.15) is 0 Å². The van der Waals surface area contributed by atoms with E-state index in [0.29, 0.717) is 6.54 Å². The first-order valence-electron chi connectivity index (χ1n) is 9.21. The smallest absolute Gasteiger partial charge is 0.191 e. The standard InChI is InChI=1S/C20H28N4OS/c1-3-21-20(23-14-16-4-6-18(25-2)7-5-16)22-10-12-24-11-8-19-17(15-24)9-13-26-19/h4-7,9,13H,3,8,10-12,14-15H2,1-2H3,(H2,21,22,23). The van der Waals surface area contributed by atoms with Gasteiger partial charge in [0, 0.05) is 37.6 Å². The summed E-state index contributed by atoms with van der Waals surface area (Å²) in [6, 6.07) is 10.3. The fourth-order valence-corrected chi connectivity index (χ4v) is 3.96. The topological polar surface area (TPSA) is 48.9 Å². The molecule has 0 bridgehead atoms. The van der Waals surface area contributed by atoms with E-state index in [-0.39, 0.29) is 0 Å². The van der Waals surface area contributed by atoms with Crippen LogP contribution in [0.2, 0.25) is 0 Å². The zero-order valence-corrected chi connectivity index (χ0v) is 16.4. The van der Waals surface area contributed by atoms with Crippen molar-refractivity contribution in [2.75, 3.05) is 33.3 Å². The van der Waals surface area contributed by atoms with Crippen LogP contribution in [0.1, 0.15) is 22.9 Å². The van der Waals surface area contributed by atoms with E-state index in [2.05, 4.69) is 51.0 Å². The number of thiophene rings is 1. The molecular weight excluding hydrogens is 344 g/mol. The highest BCUT2D eigenvalue weighted by molar-refractivity contribution is 7.10. The molecule has 0 saturated heterocycles. The number of aliphatic imine (C=N–C) groups is 1. The Hall–Kier alpha value is -2.05. The molecule has 0 aliphatic carbocycles. The minimum Gasteiger partial charge on any atom is -0.497 e. The van der Waals surface area contributed by atoms with E-state index < -0.39 is 0 Å². The lowest BCUT2D eigenvalue weighted by Crippen LogP contribution is -2.42. The van der Waals surface area contributed by atoms with Crippen molar-refractivity contribution in [2.24, 2.45) is 4.99 Å². The minimum atomic E-state index is 0.654. The van der Waals surface area contributed by atoms with Gasteiger partial charge in [0.2, 0.25) is 0 Å². The van der Waals surface area contributed by atoms with Gasteiger partial charge in [-0.25, -0.2) is 4.99 Å². The molecule has 5 nitrogen and oxygen atoms in total. The van der Waals surface area contributed by atoms with Crippen LogP contribution < -0.4 is 15.4 Å². The molecule has 26 heavy (non-hydrogen) atoms. The molecule has 0 fully saturated rings. The summed E-state index contributed by atoms with van der Waals surface area (Å²) in [6.07, 6.45) is 1.18. The molecule has 0 unspecified atom stereocenters. The van der Waals surface area contributed by atoms with Crippen molar-refractivity contribution < 1.29 is 4.74 Å². The van der Waals surface area contributed by atoms with Gasteiger partial charge in [0.25, 0.3) is 0 Å². The van der Waals surface area contributed by atoms with E-state index in [1.54, 1.807) is 12.0 Å². The van der Waals surface area contributed by atoms with E-state index in [9.17, 15) is 0 Å². The van der Waals surface area contributed by atoms with Crippen molar-refractivity contribution in [1.82, 2.24) is 15.5 Å². The number of hydrogen-bond acceptors (Lipinski definition) is 4. The maximum absolute atomic E-state index is 5.20. The Morgan fingerprint density at radius 3 is 2.85 bits per heavy atom. The number of nitrogens with one attached hydrogen (secondary N) is 2. The molecule has 6 heteroatoms. The number of hydrogen-bond donors (Lipinski definition) is 2. The number of nitrogens with zero attached hydrogens (tertiary/aromatic N) is 2. The van der Waals surface area contributed by atoms with Crippen molar-refractivity contribution in [2.45, 2.75) is 26.4 Å². The highest BCUT2D eigenvalue weighted by atomic mass is 32.1. The van der Waals surface area contributed by atoms with E-state index in [0.717, 1.165) is 44.4 Å². The van der Waals surface area contributed by atoms with Crippen LogP contribution in [-0.4, -0.2) is 44.1 Å². The minimum absolute atomic E-state index is 0.654. The first-order chi connectivity index (χ1) is 12.8. The van der Waals surface area contributed by atoms with E-state index >= 15 is 0 Å². The summed E-state index contributed by atoms with van der Waals surface area (Å²) in [5, 5.41) is 8.99. The first-order valence-corrected chi connectivity index (χ1v) is 10.1. The van der Waals surface area contributed by atoms with Gasteiger partial charge in [0.05, 0.1) is 13.7 Å². The number of ether oxygens (including phenoxy) is 1. The molecular formula is C20H28N4OS. The van der Waals surface area contributed by atoms with Crippen LogP contribution in [0.5, 0.6) is 5.75 Å². The monoisotopic (exact) mass is 372 g/mol. The highest BCUT2D eigenvalue weighted by Crippen LogP contribution is 2.23. The lowest BCUT2D eigenvalue weighted by atomic mass is 10.1. The molecule has 0 saturated carbocycles. The lowest BCUT2D eigenvalue weighted by Gasteiger charge is -2.27. The van der Waals surface area contributed by atoms with Gasteiger partial charge >= 0.3 is 0 Å². The number of rotatable bonds is 7. The van der Waals surface area contributed by atoms with Crippen molar-refractivity contribution in [3.63, 3.8) is 0 Å². The van der Waals surface area contributed by atoms with Crippen molar-refractivity contribution in [3.8, 4) is 5.75 Å². The number of fused-ring (bicyclic) bond motifs is 1. The molecule has 2 aromatic rings. The van der Waals surface area contributed by atoms with Gasteiger partial charge in [-0.1, -0.05) is 12.1 Å². The summed E-state index contributed by atoms with van der Waals surface area (Å²) in [5.74, 6) is 1.75. The predicted octanol–water partition coefficient (Wildman–Crippen LogP) is 2.87. The summed E-state index contributed by atoms with van der Waals surface area (Å²) >= 11 is 1.89. The molecule has 0 radical (unpaired) electrons. The molecule has 140 valence electrons. The van der Waals surface area contributed by atoms with Gasteiger partial charge in [0.15, 0.2) is 5.96 Å². The SMILES string of the molecule is CCNC(=NCc1ccc(OC)cc1)NCCN1CCc2sccc2C1. The summed E-state index contributed by atoms with van der Waals surface area (Å²) in [5.41, 5.74) is 2.67. The number of guanidine groups is 1. The third-order valence-electron chi connectivity index (χ3n) is 4.53. The van der Waals surface area contributed by atoms with Crippen LogP contribution >= 0.6 is 11.3 Å². The van der Waals surface area contributed by atoms with Crippen molar-refractivity contribution in [3.05, 3.63) is 51.7 Å². The van der Waals surface area contributed by atoms with Crippen LogP contribution in [0.15, 0.2) is 40.7 Å². The summed E-state index contributed by atoms with van der Waals surface area (Å²) in [7, 11) is 1.68. The Morgan fingerprint density at radius 2 is 2.08 bits per heavy atom. The highest BCUT2D eigenvalue weighted by Gasteiger charge is 2.16. The van der Waals surface area contributed by atoms with Crippen molar-refractivity contribution in [1.29, 1.82) is 0 Å². The first kappa shape index (κ1) is 18.7. The molecule has 1 aliphatic rings. The Bertz CT molecular complexity index is 711. The quantitative estimate of drug-likeness (QED) is 0.580. The average Bonchev–Trinajstić information content (AvgIpc) is 3.14. The third-order valence-corrected chi connectivity index (χ3v) is 5.55. The third kappa shape index (κ3) is 5.22. The fraction of sp³-hybridized carbons (Fsp3) is 0.450. The normalized spacial score (nSPS) is 14.8. The van der Waals surface area contributed by atoms with Gasteiger partial charge in [-0.15, -0.1) is 11.3 Å². The largest absolute Gasteiger partial charge is 0.497 e. The Labute approximate surface area is 160 Å². The molecule has 0 spiro atoms. The average molecular weight is 373 g/mol. The maximum atomic E-state index is 5.20. The van der Waals surface area contributed by atoms with E-state index in [4.69, 9.17) is 4.74 Å². The summed E-state index contributed by atoms with van der Waals surface area (Å²) in [6.45, 7) is 7.75. The number of methoxy groups -OCH3 is 1. The number of benzene rings is 1. The zero-order chi connectivity index (χ0) is 18.2. The second-order valence-electron chi connectivity index (χ2n) is 6.37. The maximum Gasteiger partial charge on any atom is 0.191 e. The van der Waals surface area contributed by atoms with Crippen LogP contribution in [0.25, 0.3) is 0 Å². The Morgan fingerprint density at radius 1 is 1.23 bits per heavy atom. The van der Waals surface area contributed by atoms with Crippen LogP contribution in [0.4, 0.5) is 0 Å². The van der Waals surface area contributed by atoms with Crippen LogP contribution in [0.3, 0.4) is 0 Å². The second-order valence-corrected chi connectivity index (χ2v) is 7.37. The zero-order valence-electron chi connectivity index (χ0n) is 15.6. The van der Waals surface area contributed by atoms with E-state index in [1.807, 2.05) is 23.5 Å². The molecule has 1 aromatic carbocycles. The molecule has 0 atom stereocenters.